The van der Waals surface area contributed by atoms with E-state index in [1.165, 1.54) is 5.01 Å². The molecule has 5 rings (SSSR count). The van der Waals surface area contributed by atoms with Gasteiger partial charge in [0.15, 0.2) is 0 Å². The van der Waals surface area contributed by atoms with Crippen LogP contribution in [0, 0.1) is 5.41 Å². The first-order valence-electron chi connectivity index (χ1n) is 12.8. The van der Waals surface area contributed by atoms with Crippen molar-refractivity contribution in [3.63, 3.8) is 0 Å². The number of carbonyl (C=O) groups is 3. The third-order valence-corrected chi connectivity index (χ3v) is 7.41. The largest absolute Gasteiger partial charge is 0.361 e. The normalized spacial score (nSPS) is 20.3. The Kier molecular flexibility index (Phi) is 6.52. The molecular formula is C28H33N7O3. The fourth-order valence-electron chi connectivity index (χ4n) is 5.37. The van der Waals surface area contributed by atoms with Gasteiger partial charge in [0.25, 0.3) is 5.91 Å². The molecule has 0 aliphatic carbocycles. The Hall–Kier alpha value is -4.05. The minimum atomic E-state index is -1.16. The van der Waals surface area contributed by atoms with Crippen LogP contribution in [0.15, 0.2) is 60.0 Å². The van der Waals surface area contributed by atoms with E-state index in [4.69, 9.17) is 5.73 Å². The van der Waals surface area contributed by atoms with Crippen LogP contribution in [0.25, 0.3) is 10.9 Å². The number of benzene rings is 1. The molecule has 0 unspecified atom stereocenters. The summed E-state index contributed by atoms with van der Waals surface area (Å²) < 4.78 is 0. The second kappa shape index (κ2) is 9.68. The first-order chi connectivity index (χ1) is 18.1. The Morgan fingerprint density at radius 3 is 2.71 bits per heavy atom. The summed E-state index contributed by atoms with van der Waals surface area (Å²) in [6, 6.07) is 12.5. The van der Waals surface area contributed by atoms with Gasteiger partial charge >= 0.3 is 0 Å². The topological polar surface area (TPSA) is 137 Å². The van der Waals surface area contributed by atoms with E-state index in [1.807, 2.05) is 48.7 Å². The molecule has 2 aliphatic heterocycles. The van der Waals surface area contributed by atoms with Crippen LogP contribution in [0.3, 0.4) is 0 Å². The van der Waals surface area contributed by atoms with Crippen molar-refractivity contribution >= 4 is 34.3 Å². The number of likely N-dealkylation sites (tertiary alicyclic amines) is 1. The Morgan fingerprint density at radius 2 is 1.97 bits per heavy atom. The van der Waals surface area contributed by atoms with Gasteiger partial charge in [-0.25, -0.2) is 5.01 Å². The van der Waals surface area contributed by atoms with Gasteiger partial charge < -0.3 is 20.9 Å². The van der Waals surface area contributed by atoms with Gasteiger partial charge in [-0.05, 0) is 37.6 Å². The number of hydrazone groups is 1. The zero-order valence-electron chi connectivity index (χ0n) is 21.9. The molecule has 4 N–H and O–H groups in total. The number of hydrogen-bond donors (Lipinski definition) is 3. The van der Waals surface area contributed by atoms with Crippen LogP contribution in [0.1, 0.15) is 31.5 Å². The number of carbonyl (C=O) groups excluding carboxylic acids is 3. The first kappa shape index (κ1) is 25.6. The molecule has 2 aromatic heterocycles. The molecule has 10 heteroatoms. The smallest absolute Gasteiger partial charge is 0.256 e. The molecule has 1 fully saturated rings. The Bertz CT molecular complexity index is 1410. The minimum Gasteiger partial charge on any atom is -0.361 e. The number of amides is 3. The van der Waals surface area contributed by atoms with Crippen molar-refractivity contribution in [2.45, 2.75) is 44.7 Å². The maximum atomic E-state index is 14.1. The number of nitrogens with two attached hydrogens (primary N) is 1. The van der Waals surface area contributed by atoms with Crippen LogP contribution >= 0.6 is 0 Å². The molecule has 1 aromatic carbocycles. The molecular weight excluding hydrogens is 482 g/mol. The van der Waals surface area contributed by atoms with E-state index in [-0.39, 0.29) is 24.8 Å². The van der Waals surface area contributed by atoms with Crippen molar-refractivity contribution in [1.29, 1.82) is 0 Å². The molecule has 0 bridgehead atoms. The van der Waals surface area contributed by atoms with Gasteiger partial charge in [0.2, 0.25) is 11.8 Å². The lowest BCUT2D eigenvalue weighted by atomic mass is 9.74. The van der Waals surface area contributed by atoms with Crippen LogP contribution in [0.4, 0.5) is 0 Å². The average Bonchev–Trinajstić information content (AvgIpc) is 3.41. The quantitative estimate of drug-likeness (QED) is 0.439. The number of fused-ring (bicyclic) bond motifs is 2. The summed E-state index contributed by atoms with van der Waals surface area (Å²) >= 11 is 0. The Labute approximate surface area is 221 Å². The third kappa shape index (κ3) is 4.67. The summed E-state index contributed by atoms with van der Waals surface area (Å²) in [5.74, 6) is -0.833. The van der Waals surface area contributed by atoms with E-state index >= 15 is 0 Å². The maximum Gasteiger partial charge on any atom is 0.256 e. The van der Waals surface area contributed by atoms with E-state index in [9.17, 15) is 14.4 Å². The van der Waals surface area contributed by atoms with E-state index in [1.54, 1.807) is 32.0 Å². The SMILES string of the molecule is CN1N=C2CCN(C(=O)[C@@H](Cc3c[nH]c4ccccc34)NC(=O)C(C)(C)N)C[C@]2(Cc2ccccn2)C1=O. The summed E-state index contributed by atoms with van der Waals surface area (Å²) in [6.45, 7) is 3.77. The molecule has 3 amide bonds. The van der Waals surface area contributed by atoms with Gasteiger partial charge in [-0.2, -0.15) is 5.10 Å². The highest BCUT2D eigenvalue weighted by Crippen LogP contribution is 2.38. The summed E-state index contributed by atoms with van der Waals surface area (Å²) in [5.41, 5.74) is 7.30. The molecule has 2 atom stereocenters. The summed E-state index contributed by atoms with van der Waals surface area (Å²) in [7, 11) is 1.64. The molecule has 2 aliphatic rings. The predicted molar refractivity (Wildman–Crippen MR) is 144 cm³/mol. The molecule has 1 saturated heterocycles. The van der Waals surface area contributed by atoms with Crippen LogP contribution < -0.4 is 11.1 Å². The molecule has 0 spiro atoms. The zero-order chi connectivity index (χ0) is 27.1. The standard InChI is InChI=1S/C28H33N7O3/c1-27(2,29)25(37)32-22(14-18-16-31-21-10-5-4-9-20(18)21)24(36)35-13-11-23-28(17-35,26(38)34(3)33-23)15-19-8-6-7-12-30-19/h4-10,12,16,22,31H,11,13-15,17,29H2,1-3H3,(H,32,37)/t22-,28+/m1/s1. The van der Waals surface area contributed by atoms with Crippen molar-refractivity contribution in [2.75, 3.05) is 20.1 Å². The van der Waals surface area contributed by atoms with Crippen LogP contribution in [0.5, 0.6) is 0 Å². The van der Waals surface area contributed by atoms with Crippen LogP contribution in [-0.4, -0.2) is 75.0 Å². The Balaban J connectivity index is 1.45. The van der Waals surface area contributed by atoms with Gasteiger partial charge in [0.05, 0.1) is 11.3 Å². The van der Waals surface area contributed by atoms with Crippen LogP contribution in [0.2, 0.25) is 0 Å². The Morgan fingerprint density at radius 1 is 1.21 bits per heavy atom. The molecule has 10 nitrogen and oxygen atoms in total. The van der Waals surface area contributed by atoms with Crippen molar-refractivity contribution < 1.29 is 14.4 Å². The van der Waals surface area contributed by atoms with Crippen molar-refractivity contribution in [3.05, 3.63) is 66.1 Å². The number of H-pyrrole nitrogens is 1. The minimum absolute atomic E-state index is 0.157. The maximum absolute atomic E-state index is 14.1. The van der Waals surface area contributed by atoms with E-state index < -0.39 is 22.9 Å². The lowest BCUT2D eigenvalue weighted by Crippen LogP contribution is -2.61. The third-order valence-electron chi connectivity index (χ3n) is 7.41. The fourth-order valence-corrected chi connectivity index (χ4v) is 5.37. The molecule has 4 heterocycles. The monoisotopic (exact) mass is 515 g/mol. The number of hydrogen-bond acceptors (Lipinski definition) is 6. The fraction of sp³-hybridized carbons (Fsp3) is 0.393. The van der Waals surface area contributed by atoms with Gasteiger partial charge in [-0.15, -0.1) is 0 Å². The first-order valence-corrected chi connectivity index (χ1v) is 12.8. The summed E-state index contributed by atoms with van der Waals surface area (Å²) in [5, 5.41) is 9.76. The van der Waals surface area contributed by atoms with Gasteiger partial charge in [0, 0.05) is 68.4 Å². The molecule has 3 aromatic rings. The average molecular weight is 516 g/mol. The number of pyridine rings is 1. The highest BCUT2D eigenvalue weighted by atomic mass is 16.2. The van der Waals surface area contributed by atoms with Crippen molar-refractivity contribution in [1.82, 2.24) is 25.2 Å². The highest BCUT2D eigenvalue weighted by Gasteiger charge is 2.54. The van der Waals surface area contributed by atoms with Crippen LogP contribution in [-0.2, 0) is 27.2 Å². The number of rotatable bonds is 7. The lowest BCUT2D eigenvalue weighted by molar-refractivity contribution is -0.142. The highest BCUT2D eigenvalue weighted by molar-refractivity contribution is 6.13. The predicted octanol–water partition coefficient (Wildman–Crippen LogP) is 1.62. The zero-order valence-corrected chi connectivity index (χ0v) is 21.9. The molecule has 198 valence electrons. The van der Waals surface area contributed by atoms with E-state index in [0.29, 0.717) is 19.4 Å². The number of piperidine rings is 1. The summed E-state index contributed by atoms with van der Waals surface area (Å²) in [6.07, 6.45) is 4.64. The number of para-hydroxylation sites is 1. The van der Waals surface area contributed by atoms with Gasteiger partial charge in [-0.1, -0.05) is 24.3 Å². The van der Waals surface area contributed by atoms with Gasteiger partial charge in [-0.3, -0.25) is 19.4 Å². The molecule has 0 radical (unpaired) electrons. The molecule has 0 saturated carbocycles. The van der Waals surface area contributed by atoms with E-state index in [2.05, 4.69) is 20.4 Å². The van der Waals surface area contributed by atoms with Gasteiger partial charge in [0.1, 0.15) is 11.5 Å². The number of nitrogens with one attached hydrogen (secondary N) is 2. The lowest BCUT2D eigenvalue weighted by Gasteiger charge is -2.40. The van der Waals surface area contributed by atoms with Crippen molar-refractivity contribution in [2.24, 2.45) is 16.3 Å². The van der Waals surface area contributed by atoms with Crippen molar-refractivity contribution in [3.8, 4) is 0 Å². The second-order valence-electron chi connectivity index (χ2n) is 10.8. The number of nitrogens with zero attached hydrogens (tertiary/aromatic N) is 4. The van der Waals surface area contributed by atoms with E-state index in [0.717, 1.165) is 27.9 Å². The second-order valence-corrected chi connectivity index (χ2v) is 10.8. The molecule has 38 heavy (non-hydrogen) atoms. The number of aromatic nitrogens is 2. The number of aromatic amines is 1. The summed E-state index contributed by atoms with van der Waals surface area (Å²) in [4.78, 5) is 49.8.